The lowest BCUT2D eigenvalue weighted by Crippen LogP contribution is -2.13. The van der Waals surface area contributed by atoms with Crippen LogP contribution in [0.2, 0.25) is 0 Å². The van der Waals surface area contributed by atoms with E-state index in [1.165, 1.54) is 11.3 Å². The van der Waals surface area contributed by atoms with E-state index in [0.29, 0.717) is 28.6 Å². The number of hydrogen-bond acceptors (Lipinski definition) is 6. The Bertz CT molecular complexity index is 1020. The summed E-state index contributed by atoms with van der Waals surface area (Å²) in [5.41, 5.74) is 3.13. The maximum absolute atomic E-state index is 12.9. The van der Waals surface area contributed by atoms with E-state index in [1.54, 1.807) is 6.20 Å². The molecule has 1 unspecified atom stereocenters. The SMILES string of the molecule is CCOc1cc2c(cc1NC(=O)c1sc(-c3ccccn3)nc1C)OC(C)C2. The predicted molar refractivity (Wildman–Crippen MR) is 109 cm³/mol. The number of nitrogens with one attached hydrogen (secondary N) is 1. The summed E-state index contributed by atoms with van der Waals surface area (Å²) in [6.07, 6.45) is 2.68. The van der Waals surface area contributed by atoms with Crippen LogP contribution in [0.1, 0.15) is 34.8 Å². The maximum atomic E-state index is 12.9. The van der Waals surface area contributed by atoms with Crippen molar-refractivity contribution in [1.82, 2.24) is 9.97 Å². The van der Waals surface area contributed by atoms with Gasteiger partial charge in [-0.05, 0) is 39.0 Å². The molecule has 7 heteroatoms. The zero-order valence-electron chi connectivity index (χ0n) is 16.0. The molecule has 1 aliphatic heterocycles. The van der Waals surface area contributed by atoms with E-state index in [1.807, 2.05) is 51.1 Å². The molecule has 0 aliphatic carbocycles. The summed E-state index contributed by atoms with van der Waals surface area (Å²) in [7, 11) is 0. The molecule has 0 saturated carbocycles. The first kappa shape index (κ1) is 18.4. The fraction of sp³-hybridized carbons (Fsp3) is 0.286. The highest BCUT2D eigenvalue weighted by Crippen LogP contribution is 2.38. The number of amides is 1. The maximum Gasteiger partial charge on any atom is 0.267 e. The number of ether oxygens (including phenoxy) is 2. The average molecular weight is 395 g/mol. The normalized spacial score (nSPS) is 15.0. The number of carbonyl (C=O) groups is 1. The molecule has 1 amide bonds. The van der Waals surface area contributed by atoms with Crippen LogP contribution in [0.25, 0.3) is 10.7 Å². The number of benzene rings is 1. The van der Waals surface area contributed by atoms with E-state index >= 15 is 0 Å². The quantitative estimate of drug-likeness (QED) is 0.689. The summed E-state index contributed by atoms with van der Waals surface area (Å²) in [5.74, 6) is 1.23. The molecule has 1 atom stereocenters. The number of thiazole rings is 1. The summed E-state index contributed by atoms with van der Waals surface area (Å²) in [6.45, 7) is 6.29. The van der Waals surface area contributed by atoms with Crippen molar-refractivity contribution in [1.29, 1.82) is 0 Å². The fourth-order valence-corrected chi connectivity index (χ4v) is 4.14. The number of hydrogen-bond donors (Lipinski definition) is 1. The second-order valence-corrected chi connectivity index (χ2v) is 7.62. The Labute approximate surface area is 167 Å². The van der Waals surface area contributed by atoms with Crippen molar-refractivity contribution in [2.24, 2.45) is 0 Å². The zero-order valence-corrected chi connectivity index (χ0v) is 16.8. The molecule has 1 aliphatic rings. The van der Waals surface area contributed by atoms with Gasteiger partial charge in [0.05, 0.1) is 23.7 Å². The van der Waals surface area contributed by atoms with Crippen molar-refractivity contribution >= 4 is 22.9 Å². The second-order valence-electron chi connectivity index (χ2n) is 6.62. The van der Waals surface area contributed by atoms with Crippen LogP contribution in [0, 0.1) is 6.92 Å². The largest absolute Gasteiger partial charge is 0.492 e. The molecule has 1 aromatic carbocycles. The Hall–Kier alpha value is -2.93. The first-order valence-electron chi connectivity index (χ1n) is 9.21. The molecule has 0 radical (unpaired) electrons. The minimum absolute atomic E-state index is 0.125. The van der Waals surface area contributed by atoms with Gasteiger partial charge in [0.1, 0.15) is 27.5 Å². The van der Waals surface area contributed by atoms with Gasteiger partial charge in [-0.1, -0.05) is 6.07 Å². The molecule has 3 heterocycles. The van der Waals surface area contributed by atoms with E-state index in [-0.39, 0.29) is 12.0 Å². The molecule has 4 rings (SSSR count). The average Bonchev–Trinajstić information content (AvgIpc) is 3.24. The van der Waals surface area contributed by atoms with Crippen molar-refractivity contribution in [2.75, 3.05) is 11.9 Å². The van der Waals surface area contributed by atoms with Crippen LogP contribution in [0.3, 0.4) is 0 Å². The molecule has 0 spiro atoms. The first-order valence-corrected chi connectivity index (χ1v) is 10.0. The highest BCUT2D eigenvalue weighted by Gasteiger charge is 2.24. The zero-order chi connectivity index (χ0) is 19.7. The lowest BCUT2D eigenvalue weighted by molar-refractivity contribution is 0.102. The molecule has 3 aromatic rings. The smallest absolute Gasteiger partial charge is 0.267 e. The fourth-order valence-electron chi connectivity index (χ4n) is 3.20. The third-order valence-electron chi connectivity index (χ3n) is 4.43. The topological polar surface area (TPSA) is 73.3 Å². The monoisotopic (exact) mass is 395 g/mol. The van der Waals surface area contributed by atoms with Gasteiger partial charge in [-0.25, -0.2) is 4.98 Å². The Kier molecular flexibility index (Phi) is 5.00. The molecule has 28 heavy (non-hydrogen) atoms. The lowest BCUT2D eigenvalue weighted by atomic mass is 10.1. The van der Waals surface area contributed by atoms with E-state index in [0.717, 1.165) is 28.4 Å². The van der Waals surface area contributed by atoms with Gasteiger partial charge in [0.25, 0.3) is 5.91 Å². The molecule has 2 aromatic heterocycles. The Morgan fingerprint density at radius 2 is 2.25 bits per heavy atom. The Balaban J connectivity index is 1.62. The molecule has 0 saturated heterocycles. The number of aryl methyl sites for hydroxylation is 1. The van der Waals surface area contributed by atoms with Crippen LogP contribution in [0.5, 0.6) is 11.5 Å². The van der Waals surface area contributed by atoms with Crippen molar-refractivity contribution in [2.45, 2.75) is 33.3 Å². The van der Waals surface area contributed by atoms with Crippen LogP contribution in [-0.4, -0.2) is 28.6 Å². The third-order valence-corrected chi connectivity index (χ3v) is 5.61. The van der Waals surface area contributed by atoms with Gasteiger partial charge in [-0.2, -0.15) is 0 Å². The molecule has 6 nitrogen and oxygen atoms in total. The summed E-state index contributed by atoms with van der Waals surface area (Å²) >= 11 is 1.33. The molecule has 144 valence electrons. The van der Waals surface area contributed by atoms with Gasteiger partial charge in [0.2, 0.25) is 0 Å². The Morgan fingerprint density at radius 3 is 3.00 bits per heavy atom. The number of pyridine rings is 1. The standard InChI is InChI=1S/C21H21N3O3S/c1-4-26-18-10-14-9-12(2)27-17(14)11-16(18)24-20(25)19-13(3)23-21(28-19)15-7-5-6-8-22-15/h5-8,10-12H,4,9H2,1-3H3,(H,24,25). The molecule has 0 bridgehead atoms. The number of fused-ring (bicyclic) bond motifs is 1. The van der Waals surface area contributed by atoms with Crippen molar-refractivity contribution in [3.05, 3.63) is 52.7 Å². The van der Waals surface area contributed by atoms with Crippen molar-refractivity contribution in [3.8, 4) is 22.2 Å². The number of anilines is 1. The Morgan fingerprint density at radius 1 is 1.39 bits per heavy atom. The van der Waals surface area contributed by atoms with Gasteiger partial charge in [-0.15, -0.1) is 11.3 Å². The van der Waals surface area contributed by atoms with Crippen LogP contribution in [-0.2, 0) is 6.42 Å². The van der Waals surface area contributed by atoms with Crippen LogP contribution in [0.4, 0.5) is 5.69 Å². The van der Waals surface area contributed by atoms with Crippen LogP contribution >= 0.6 is 11.3 Å². The van der Waals surface area contributed by atoms with Crippen molar-refractivity contribution in [3.63, 3.8) is 0 Å². The number of aromatic nitrogens is 2. The number of nitrogens with zero attached hydrogens (tertiary/aromatic N) is 2. The molecule has 1 N–H and O–H groups in total. The van der Waals surface area contributed by atoms with Gasteiger partial charge in [-0.3, -0.25) is 9.78 Å². The van der Waals surface area contributed by atoms with Gasteiger partial charge in [0.15, 0.2) is 0 Å². The molecular weight excluding hydrogens is 374 g/mol. The van der Waals surface area contributed by atoms with E-state index in [9.17, 15) is 4.79 Å². The number of rotatable bonds is 5. The van der Waals surface area contributed by atoms with Crippen LogP contribution in [0.15, 0.2) is 36.5 Å². The first-order chi connectivity index (χ1) is 13.5. The third kappa shape index (κ3) is 3.57. The molecular formula is C21H21N3O3S. The lowest BCUT2D eigenvalue weighted by Gasteiger charge is -2.13. The summed E-state index contributed by atoms with van der Waals surface area (Å²) in [6, 6.07) is 9.43. The van der Waals surface area contributed by atoms with Crippen LogP contribution < -0.4 is 14.8 Å². The summed E-state index contributed by atoms with van der Waals surface area (Å²) < 4.78 is 11.6. The van der Waals surface area contributed by atoms with Gasteiger partial charge in [0, 0.05) is 24.2 Å². The minimum Gasteiger partial charge on any atom is -0.492 e. The summed E-state index contributed by atoms with van der Waals surface area (Å²) in [5, 5.41) is 3.69. The minimum atomic E-state index is -0.218. The van der Waals surface area contributed by atoms with E-state index < -0.39 is 0 Å². The second kappa shape index (κ2) is 7.59. The highest BCUT2D eigenvalue weighted by atomic mass is 32.1. The van der Waals surface area contributed by atoms with Gasteiger partial charge >= 0.3 is 0 Å². The van der Waals surface area contributed by atoms with E-state index in [2.05, 4.69) is 15.3 Å². The molecule has 0 fully saturated rings. The highest BCUT2D eigenvalue weighted by molar-refractivity contribution is 7.17. The van der Waals surface area contributed by atoms with E-state index in [4.69, 9.17) is 9.47 Å². The van der Waals surface area contributed by atoms with Crippen molar-refractivity contribution < 1.29 is 14.3 Å². The predicted octanol–water partition coefficient (Wildman–Crippen LogP) is 4.49. The summed E-state index contributed by atoms with van der Waals surface area (Å²) in [4.78, 5) is 22.3. The van der Waals surface area contributed by atoms with Gasteiger partial charge < -0.3 is 14.8 Å². The number of carbonyl (C=O) groups excluding carboxylic acids is 1.